The molecule has 0 fully saturated rings. The summed E-state index contributed by atoms with van der Waals surface area (Å²) in [6.45, 7) is 0. The number of hydrogen-bond acceptors (Lipinski definition) is 4. The molecule has 0 spiro atoms. The monoisotopic (exact) mass is 310 g/mol. The Bertz CT molecular complexity index is 526. The normalized spacial score (nSPS) is 9.26. The third-order valence-corrected chi connectivity index (χ3v) is 2.09. The van der Waals surface area contributed by atoms with Crippen molar-refractivity contribution in [2.45, 2.75) is 0 Å². The van der Waals surface area contributed by atoms with Crippen LogP contribution in [0.25, 0.3) is 0 Å². The summed E-state index contributed by atoms with van der Waals surface area (Å²) in [5.74, 6) is -6.97. The first-order valence-electron chi connectivity index (χ1n) is 4.37. The average Bonchev–Trinajstić information content (AvgIpc) is 2.26. The van der Waals surface area contributed by atoms with Crippen molar-refractivity contribution in [2.24, 2.45) is 0 Å². The van der Waals surface area contributed by atoms with Gasteiger partial charge in [-0.25, -0.2) is 19.2 Å². The molecule has 0 atom stereocenters. The molecule has 0 heterocycles. The molecule has 102 valence electrons. The van der Waals surface area contributed by atoms with Crippen LogP contribution in [0.2, 0.25) is 0 Å². The van der Waals surface area contributed by atoms with E-state index in [9.17, 15) is 19.2 Å². The summed E-state index contributed by atoms with van der Waals surface area (Å²) in [5, 5.41) is 35.2. The number of benzene rings is 1. The maximum Gasteiger partial charge on any atom is 0.337 e. The van der Waals surface area contributed by atoms with Gasteiger partial charge in [0.2, 0.25) is 0 Å². The fourth-order valence-corrected chi connectivity index (χ4v) is 1.40. The number of carbonyl (C=O) groups is 4. The molecule has 0 unspecified atom stereocenters. The fourth-order valence-electron chi connectivity index (χ4n) is 1.40. The number of carboxylic acids is 4. The Balaban J connectivity index is 0.00000324. The summed E-state index contributed by atoms with van der Waals surface area (Å²) in [6.07, 6.45) is 0. The maximum atomic E-state index is 10.9. The summed E-state index contributed by atoms with van der Waals surface area (Å²) >= 11 is 0. The van der Waals surface area contributed by atoms with Crippen molar-refractivity contribution in [1.82, 2.24) is 0 Å². The summed E-state index contributed by atoms with van der Waals surface area (Å²) < 4.78 is 0. The second-order valence-electron chi connectivity index (χ2n) is 3.13. The van der Waals surface area contributed by atoms with Gasteiger partial charge in [0, 0.05) is 17.1 Å². The molecule has 9 heteroatoms. The Hall–Kier alpha value is -2.38. The molecule has 4 N–H and O–H groups in total. The van der Waals surface area contributed by atoms with E-state index in [2.05, 4.69) is 0 Å². The third-order valence-electron chi connectivity index (χ3n) is 2.09. The molecule has 1 aromatic carbocycles. The van der Waals surface area contributed by atoms with E-state index in [0.717, 1.165) is 12.1 Å². The Labute approximate surface area is 115 Å². The van der Waals surface area contributed by atoms with Gasteiger partial charge in [-0.15, -0.1) is 0 Å². The minimum absolute atomic E-state index is 0. The molecular formula is C10H6FeO8. The molecule has 0 saturated heterocycles. The molecule has 8 nitrogen and oxygen atoms in total. The van der Waals surface area contributed by atoms with E-state index >= 15 is 0 Å². The smallest absolute Gasteiger partial charge is 0.337 e. The van der Waals surface area contributed by atoms with Crippen molar-refractivity contribution >= 4 is 23.9 Å². The summed E-state index contributed by atoms with van der Waals surface area (Å²) in [4.78, 5) is 43.4. The molecule has 0 amide bonds. The van der Waals surface area contributed by atoms with Crippen LogP contribution in [0.3, 0.4) is 0 Å². The quantitative estimate of drug-likeness (QED) is 0.586. The Kier molecular flexibility index (Phi) is 5.23. The van der Waals surface area contributed by atoms with Crippen LogP contribution in [0.5, 0.6) is 0 Å². The van der Waals surface area contributed by atoms with E-state index < -0.39 is 46.1 Å². The number of hydrogen-bond donors (Lipinski definition) is 4. The van der Waals surface area contributed by atoms with Gasteiger partial charge < -0.3 is 20.4 Å². The number of rotatable bonds is 4. The molecular weight excluding hydrogens is 304 g/mol. The topological polar surface area (TPSA) is 149 Å². The molecule has 0 aliphatic carbocycles. The summed E-state index contributed by atoms with van der Waals surface area (Å²) in [6, 6.07) is 1.48. The fraction of sp³-hybridized carbons (Fsp3) is 0. The Morgan fingerprint density at radius 3 is 1.05 bits per heavy atom. The summed E-state index contributed by atoms with van der Waals surface area (Å²) in [5.41, 5.74) is -3.69. The van der Waals surface area contributed by atoms with E-state index in [1.165, 1.54) is 0 Å². The van der Waals surface area contributed by atoms with Crippen LogP contribution >= 0.6 is 0 Å². The standard InChI is InChI=1S/C10H6O8.Fe/c11-7(12)3-1-2-4(8(13)14)6(10(17)18)5(3)9(15)16;/h1-2H,(H,11,12)(H,13,14)(H,15,16)(H,17,18);. The van der Waals surface area contributed by atoms with Gasteiger partial charge in [0.15, 0.2) is 0 Å². The van der Waals surface area contributed by atoms with Crippen LogP contribution in [0, 0.1) is 0 Å². The molecule has 1 aromatic rings. The largest absolute Gasteiger partial charge is 0.478 e. The number of aromatic carboxylic acids is 4. The molecule has 0 saturated carbocycles. The minimum atomic E-state index is -1.83. The Morgan fingerprint density at radius 1 is 0.632 bits per heavy atom. The molecule has 0 radical (unpaired) electrons. The molecule has 0 bridgehead atoms. The SMILES string of the molecule is O=C(O)c1ccc(C(=O)O)c(C(=O)O)c1C(=O)O.[Fe]. The van der Waals surface area contributed by atoms with Gasteiger partial charge in [-0.2, -0.15) is 0 Å². The molecule has 19 heavy (non-hydrogen) atoms. The van der Waals surface area contributed by atoms with E-state index in [0.29, 0.717) is 0 Å². The van der Waals surface area contributed by atoms with Gasteiger partial charge in [0.1, 0.15) is 0 Å². The first-order chi connectivity index (χ1) is 8.27. The maximum absolute atomic E-state index is 10.9. The predicted octanol–water partition coefficient (Wildman–Crippen LogP) is 0.477. The number of carboxylic acid groups (broad SMARTS) is 4. The van der Waals surface area contributed by atoms with Crippen molar-refractivity contribution in [3.8, 4) is 0 Å². The van der Waals surface area contributed by atoms with Crippen molar-refractivity contribution < 1.29 is 56.7 Å². The molecule has 1 rings (SSSR count). The van der Waals surface area contributed by atoms with Crippen molar-refractivity contribution in [3.63, 3.8) is 0 Å². The van der Waals surface area contributed by atoms with Crippen molar-refractivity contribution in [2.75, 3.05) is 0 Å². The zero-order valence-corrected chi connectivity index (χ0v) is 10.0. The van der Waals surface area contributed by atoms with Crippen LogP contribution in [0.4, 0.5) is 0 Å². The van der Waals surface area contributed by atoms with Gasteiger partial charge in [0.25, 0.3) is 0 Å². The van der Waals surface area contributed by atoms with E-state index in [1.807, 2.05) is 0 Å². The van der Waals surface area contributed by atoms with Gasteiger partial charge >= 0.3 is 23.9 Å². The molecule has 0 aliphatic rings. The zero-order chi connectivity index (χ0) is 14.0. The van der Waals surface area contributed by atoms with Crippen LogP contribution in [-0.4, -0.2) is 44.3 Å². The van der Waals surface area contributed by atoms with Gasteiger partial charge in [-0.05, 0) is 12.1 Å². The summed E-state index contributed by atoms with van der Waals surface area (Å²) in [7, 11) is 0. The first kappa shape index (κ1) is 16.6. The van der Waals surface area contributed by atoms with Crippen LogP contribution in [-0.2, 0) is 17.1 Å². The first-order valence-corrected chi connectivity index (χ1v) is 4.37. The van der Waals surface area contributed by atoms with Crippen LogP contribution in [0.15, 0.2) is 12.1 Å². The van der Waals surface area contributed by atoms with E-state index in [4.69, 9.17) is 20.4 Å². The van der Waals surface area contributed by atoms with Crippen molar-refractivity contribution in [1.29, 1.82) is 0 Å². The molecule has 0 aliphatic heterocycles. The second kappa shape index (κ2) is 5.98. The van der Waals surface area contributed by atoms with Gasteiger partial charge in [0.05, 0.1) is 22.3 Å². The zero-order valence-electron chi connectivity index (χ0n) is 8.93. The van der Waals surface area contributed by atoms with Crippen LogP contribution in [0.1, 0.15) is 41.4 Å². The predicted molar refractivity (Wildman–Crippen MR) is 54.3 cm³/mol. The van der Waals surface area contributed by atoms with E-state index in [1.54, 1.807) is 0 Å². The van der Waals surface area contributed by atoms with Gasteiger partial charge in [-0.1, -0.05) is 0 Å². The average molecular weight is 310 g/mol. The Morgan fingerprint density at radius 2 is 0.895 bits per heavy atom. The minimum Gasteiger partial charge on any atom is -0.478 e. The molecule has 0 aromatic heterocycles. The van der Waals surface area contributed by atoms with Gasteiger partial charge in [-0.3, -0.25) is 0 Å². The second-order valence-corrected chi connectivity index (χ2v) is 3.13. The van der Waals surface area contributed by atoms with Crippen LogP contribution < -0.4 is 0 Å². The van der Waals surface area contributed by atoms with Crippen molar-refractivity contribution in [3.05, 3.63) is 34.4 Å². The third kappa shape index (κ3) is 3.09. The van der Waals surface area contributed by atoms with E-state index in [-0.39, 0.29) is 17.1 Å².